The smallest absolute Gasteiger partial charge is 0.0726 e. The van der Waals surface area contributed by atoms with Gasteiger partial charge >= 0.3 is 0 Å². The Morgan fingerprint density at radius 3 is 0.889 bits per heavy atom. The lowest BCUT2D eigenvalue weighted by molar-refractivity contribution is 0.793. The summed E-state index contributed by atoms with van der Waals surface area (Å²) in [5, 5.41) is 5.50. The van der Waals surface area contributed by atoms with Crippen molar-refractivity contribution in [1.82, 2.24) is 0 Å². The van der Waals surface area contributed by atoms with Crippen molar-refractivity contribution in [3.63, 3.8) is 0 Å². The van der Waals surface area contributed by atoms with E-state index >= 15 is 0 Å². The van der Waals surface area contributed by atoms with E-state index in [4.69, 9.17) is 0 Å². The lowest BCUT2D eigenvalue weighted by atomic mass is 9.70. The molecule has 2 nitrogen and oxygen atoms in total. The molecule has 0 unspecified atom stereocenters. The van der Waals surface area contributed by atoms with E-state index in [0.29, 0.717) is 0 Å². The van der Waals surface area contributed by atoms with E-state index in [-0.39, 0.29) is 10.8 Å². The molecule has 2 heteroatoms. The Morgan fingerprint density at radius 1 is 0.233 bits per heavy atom. The van der Waals surface area contributed by atoms with Crippen LogP contribution < -0.4 is 9.80 Å². The van der Waals surface area contributed by atoms with E-state index < -0.39 is 0 Å². The first-order chi connectivity index (χ1) is 44.4. The average Bonchev–Trinajstić information content (AvgIpc) is 1.52. The molecular formula is C88H66N2. The summed E-state index contributed by atoms with van der Waals surface area (Å²) in [6.07, 6.45) is 0. The SMILES string of the molecule is CCN(C)c1ccc2c(c1)-c1ccccc1C21c2ccccc2-c2ccccc21.CCN(C)c1cccc2c1-c1ccccc1C21c2ccccc2-c2ccccc21.c1ccc2c(c1)-c1cccc3cccc-2c13.c1ccc2c(c1)-c1cccc3cccc-2c13. The summed E-state index contributed by atoms with van der Waals surface area (Å²) >= 11 is 0. The second-order valence-corrected chi connectivity index (χ2v) is 24.7. The monoisotopic (exact) mass is 1150 g/mol. The van der Waals surface area contributed by atoms with Gasteiger partial charge in [-0.2, -0.15) is 0 Å². The Balaban J connectivity index is 0.0000000959. The third-order valence-corrected chi connectivity index (χ3v) is 20.6. The standard InChI is InChI=1S/2C28H23N.2C16H10/c1-3-29(2)26-18-10-17-25-27(26)21-13-6-9-16-24(21)28(25)22-14-7-4-11-19(22)20-12-5-8-15-23(20)28;1-3-29(2)19-16-17-27-23(18-19)22-12-6-9-15-26(22)28(27)24-13-7-4-10-20(24)21-11-5-8-14-25(21)28;2*1-2-8-13-12(7-1)14-9-3-5-11-6-4-10-15(13)16(11)14/h2*4-18H,3H2,1-2H3;2*1-10H. The molecule has 6 aliphatic carbocycles. The van der Waals surface area contributed by atoms with E-state index in [2.05, 4.69) is 341 Å². The Bertz CT molecular complexity index is 4900. The summed E-state index contributed by atoms with van der Waals surface area (Å²) in [4.78, 5) is 4.67. The molecule has 14 aromatic rings. The van der Waals surface area contributed by atoms with Crippen molar-refractivity contribution in [1.29, 1.82) is 0 Å². The number of nitrogens with zero attached hydrogens (tertiary/aromatic N) is 2. The highest BCUT2D eigenvalue weighted by Gasteiger charge is 2.53. The van der Waals surface area contributed by atoms with Gasteiger partial charge in [0.1, 0.15) is 0 Å². The van der Waals surface area contributed by atoms with Crippen LogP contribution in [0, 0.1) is 0 Å². The van der Waals surface area contributed by atoms with E-state index in [9.17, 15) is 0 Å². The zero-order valence-electron chi connectivity index (χ0n) is 51.2. The predicted octanol–water partition coefficient (Wildman–Crippen LogP) is 21.9. The molecule has 0 saturated carbocycles. The average molecular weight is 1150 g/mol. The summed E-state index contributed by atoms with van der Waals surface area (Å²) < 4.78 is 0. The van der Waals surface area contributed by atoms with Crippen molar-refractivity contribution in [2.45, 2.75) is 24.7 Å². The Hall–Kier alpha value is -10.8. The van der Waals surface area contributed by atoms with E-state index in [1.807, 2.05) is 0 Å². The largest absolute Gasteiger partial charge is 0.375 e. The zero-order valence-corrected chi connectivity index (χ0v) is 51.2. The first-order valence-corrected chi connectivity index (χ1v) is 32.0. The first kappa shape index (κ1) is 53.4. The van der Waals surface area contributed by atoms with Crippen molar-refractivity contribution in [2.75, 3.05) is 37.0 Å². The summed E-state index contributed by atoms with van der Waals surface area (Å²) in [6, 6.07) is 111. The quantitative estimate of drug-likeness (QED) is 0.173. The van der Waals surface area contributed by atoms with Crippen LogP contribution in [0.15, 0.2) is 303 Å². The second kappa shape index (κ2) is 20.9. The van der Waals surface area contributed by atoms with Gasteiger partial charge in [0.2, 0.25) is 0 Å². The molecule has 0 radical (unpaired) electrons. The molecule has 0 aliphatic heterocycles. The van der Waals surface area contributed by atoms with E-state index in [1.165, 1.54) is 166 Å². The van der Waals surface area contributed by atoms with Gasteiger partial charge in [-0.25, -0.2) is 0 Å². The van der Waals surface area contributed by atoms with Crippen LogP contribution in [-0.2, 0) is 10.8 Å². The molecule has 428 valence electrons. The van der Waals surface area contributed by atoms with Gasteiger partial charge in [0.05, 0.1) is 10.8 Å². The molecule has 0 fully saturated rings. The van der Waals surface area contributed by atoms with E-state index in [1.54, 1.807) is 0 Å². The van der Waals surface area contributed by atoms with Gasteiger partial charge in [-0.1, -0.05) is 285 Å². The number of anilines is 2. The molecule has 0 amide bonds. The van der Waals surface area contributed by atoms with Crippen LogP contribution >= 0.6 is 0 Å². The van der Waals surface area contributed by atoms with Crippen LogP contribution in [0.4, 0.5) is 11.4 Å². The summed E-state index contributed by atoms with van der Waals surface area (Å²) in [5.41, 5.74) is 35.3. The maximum atomic E-state index is 2.38. The molecule has 0 bridgehead atoms. The van der Waals surface area contributed by atoms with Crippen molar-refractivity contribution < 1.29 is 0 Å². The van der Waals surface area contributed by atoms with Gasteiger partial charge in [-0.15, -0.1) is 0 Å². The molecule has 6 aliphatic rings. The maximum absolute atomic E-state index is 2.38. The molecule has 0 N–H and O–H groups in total. The van der Waals surface area contributed by atoms with Crippen LogP contribution in [-0.4, -0.2) is 27.2 Å². The summed E-state index contributed by atoms with van der Waals surface area (Å²) in [7, 11) is 4.36. The molecule has 20 rings (SSSR count). The van der Waals surface area contributed by atoms with Gasteiger partial charge in [0.15, 0.2) is 0 Å². The normalized spacial score (nSPS) is 13.4. The minimum absolute atomic E-state index is 0.220. The lowest BCUT2D eigenvalue weighted by Gasteiger charge is -2.31. The maximum Gasteiger partial charge on any atom is 0.0726 e. The third kappa shape index (κ3) is 7.52. The summed E-state index contributed by atoms with van der Waals surface area (Å²) in [6.45, 7) is 6.40. The van der Waals surface area contributed by atoms with Gasteiger partial charge < -0.3 is 9.80 Å². The Kier molecular flexibility index (Phi) is 12.4. The minimum Gasteiger partial charge on any atom is -0.375 e. The van der Waals surface area contributed by atoms with Crippen molar-refractivity contribution in [2.24, 2.45) is 0 Å². The fourth-order valence-corrected chi connectivity index (χ4v) is 16.6. The number of benzene rings is 14. The van der Waals surface area contributed by atoms with Crippen LogP contribution in [0.5, 0.6) is 0 Å². The van der Waals surface area contributed by atoms with Crippen LogP contribution in [0.2, 0.25) is 0 Å². The topological polar surface area (TPSA) is 6.48 Å². The highest BCUT2D eigenvalue weighted by Crippen LogP contribution is 2.65. The molecule has 0 saturated heterocycles. The molecule has 14 aromatic carbocycles. The number of rotatable bonds is 4. The Morgan fingerprint density at radius 2 is 0.511 bits per heavy atom. The van der Waals surface area contributed by atoms with Gasteiger partial charge in [0.25, 0.3) is 0 Å². The predicted molar refractivity (Wildman–Crippen MR) is 380 cm³/mol. The molecule has 0 aromatic heterocycles. The number of hydrogen-bond donors (Lipinski definition) is 0. The van der Waals surface area contributed by atoms with Gasteiger partial charge in [0, 0.05) is 44.1 Å². The van der Waals surface area contributed by atoms with E-state index in [0.717, 1.165) is 13.1 Å². The van der Waals surface area contributed by atoms with Crippen LogP contribution in [0.3, 0.4) is 0 Å². The molecular weight excluding hydrogens is 1080 g/mol. The lowest BCUT2D eigenvalue weighted by Crippen LogP contribution is -2.26. The zero-order chi connectivity index (χ0) is 60.2. The van der Waals surface area contributed by atoms with Gasteiger partial charge in [-0.05, 0) is 182 Å². The van der Waals surface area contributed by atoms with Crippen LogP contribution in [0.25, 0.3) is 111 Å². The minimum atomic E-state index is -0.232. The Labute approximate surface area is 528 Å². The highest BCUT2D eigenvalue weighted by molar-refractivity contribution is 6.16. The highest BCUT2D eigenvalue weighted by atomic mass is 15.1. The number of hydrogen-bond acceptors (Lipinski definition) is 2. The molecule has 2 spiro atoms. The molecule has 0 heterocycles. The van der Waals surface area contributed by atoms with Crippen molar-refractivity contribution in [3.8, 4) is 89.0 Å². The first-order valence-electron chi connectivity index (χ1n) is 32.0. The van der Waals surface area contributed by atoms with Crippen LogP contribution in [0.1, 0.15) is 58.4 Å². The fraction of sp³-hybridized carbons (Fsp3) is 0.0909. The molecule has 0 atom stereocenters. The molecule has 90 heavy (non-hydrogen) atoms. The fourth-order valence-electron chi connectivity index (χ4n) is 16.6. The number of fused-ring (bicyclic) bond motifs is 26. The summed E-state index contributed by atoms with van der Waals surface area (Å²) in [5.74, 6) is 0. The van der Waals surface area contributed by atoms with Gasteiger partial charge in [-0.3, -0.25) is 0 Å². The third-order valence-electron chi connectivity index (χ3n) is 20.6. The second-order valence-electron chi connectivity index (χ2n) is 24.7. The van der Waals surface area contributed by atoms with Crippen molar-refractivity contribution >= 4 is 32.9 Å². The van der Waals surface area contributed by atoms with Crippen molar-refractivity contribution in [3.05, 3.63) is 348 Å².